The van der Waals surface area contributed by atoms with Crippen molar-refractivity contribution in [2.45, 2.75) is 6.42 Å². The lowest BCUT2D eigenvalue weighted by atomic mass is 10.3. The van der Waals surface area contributed by atoms with Gasteiger partial charge in [0.1, 0.15) is 5.75 Å². The Labute approximate surface area is 90.1 Å². The molecule has 0 aromatic heterocycles. The summed E-state index contributed by atoms with van der Waals surface area (Å²) in [7, 11) is 2.07. The van der Waals surface area contributed by atoms with Crippen LogP contribution in [-0.4, -0.2) is 20.2 Å². The molecule has 0 atom stereocenters. The smallest absolute Gasteiger partial charge is 0.119 e. The van der Waals surface area contributed by atoms with Crippen LogP contribution < -0.4 is 27.0 Å². The maximum atomic E-state index is 5.49. The lowest BCUT2D eigenvalue weighted by Gasteiger charge is -2.03. The van der Waals surface area contributed by atoms with Crippen molar-refractivity contribution in [2.75, 3.05) is 20.2 Å². The molecule has 13 heavy (non-hydrogen) atoms. The van der Waals surface area contributed by atoms with Gasteiger partial charge in [0.15, 0.2) is 0 Å². The molecular formula is C10H16BrNO. The Hall–Kier alpha value is -0.540. The first-order chi connectivity index (χ1) is 5.93. The highest BCUT2D eigenvalue weighted by molar-refractivity contribution is 5.20. The Balaban J connectivity index is 0.00000144. The van der Waals surface area contributed by atoms with E-state index in [1.165, 1.54) is 0 Å². The molecule has 0 aliphatic carbocycles. The van der Waals surface area contributed by atoms with Crippen molar-refractivity contribution in [1.82, 2.24) is 0 Å². The maximum absolute atomic E-state index is 5.49. The fourth-order valence-corrected chi connectivity index (χ4v) is 0.994. The zero-order valence-corrected chi connectivity index (χ0v) is 9.46. The Bertz CT molecular complexity index is 203. The summed E-state index contributed by atoms with van der Waals surface area (Å²) in [5.41, 5.74) is 0. The third kappa shape index (κ3) is 5.66. The molecule has 2 nitrogen and oxygen atoms in total. The third-order valence-corrected chi connectivity index (χ3v) is 1.65. The Morgan fingerprint density at radius 2 is 1.92 bits per heavy atom. The molecule has 0 aliphatic rings. The van der Waals surface area contributed by atoms with Crippen molar-refractivity contribution in [1.29, 1.82) is 0 Å². The highest BCUT2D eigenvalue weighted by Gasteiger charge is 1.90. The van der Waals surface area contributed by atoms with Gasteiger partial charge in [-0.3, -0.25) is 0 Å². The summed E-state index contributed by atoms with van der Waals surface area (Å²) in [5, 5.41) is 2.16. The second-order valence-corrected chi connectivity index (χ2v) is 2.71. The lowest BCUT2D eigenvalue weighted by Crippen LogP contribution is -3.00. The summed E-state index contributed by atoms with van der Waals surface area (Å²) in [4.78, 5) is 0. The van der Waals surface area contributed by atoms with Crippen molar-refractivity contribution in [3.05, 3.63) is 30.3 Å². The fraction of sp³-hybridized carbons (Fsp3) is 0.400. The molecule has 1 rings (SSSR count). The van der Waals surface area contributed by atoms with E-state index in [0.717, 1.165) is 25.3 Å². The van der Waals surface area contributed by atoms with E-state index >= 15 is 0 Å². The number of para-hydroxylation sites is 1. The molecule has 3 heteroatoms. The standard InChI is InChI=1S/C10H15NO.BrH/c1-11-8-5-9-12-10-6-3-2-4-7-10;/h2-4,6-7,11H,5,8-9H2,1H3;1H. The zero-order valence-electron chi connectivity index (χ0n) is 7.87. The summed E-state index contributed by atoms with van der Waals surface area (Å²) in [6.45, 7) is 1.95. The van der Waals surface area contributed by atoms with Crippen LogP contribution >= 0.6 is 0 Å². The first-order valence-electron chi connectivity index (χ1n) is 4.39. The lowest BCUT2D eigenvalue weighted by molar-refractivity contribution is -0.627. The van der Waals surface area contributed by atoms with E-state index in [-0.39, 0.29) is 17.0 Å². The molecule has 0 saturated carbocycles. The second kappa shape index (κ2) is 8.08. The summed E-state index contributed by atoms with van der Waals surface area (Å²) in [5.74, 6) is 0.966. The predicted molar refractivity (Wildman–Crippen MR) is 49.3 cm³/mol. The van der Waals surface area contributed by atoms with Gasteiger partial charge < -0.3 is 27.0 Å². The minimum atomic E-state index is 0. The summed E-state index contributed by atoms with van der Waals surface area (Å²) in [6, 6.07) is 9.93. The van der Waals surface area contributed by atoms with Gasteiger partial charge in [-0.15, -0.1) is 0 Å². The largest absolute Gasteiger partial charge is 1.00 e. The Kier molecular flexibility index (Phi) is 7.74. The molecule has 1 aromatic rings. The highest BCUT2D eigenvalue weighted by Crippen LogP contribution is 2.07. The average Bonchev–Trinajstić information content (AvgIpc) is 2.14. The van der Waals surface area contributed by atoms with Crippen molar-refractivity contribution in [3.8, 4) is 5.75 Å². The van der Waals surface area contributed by atoms with Crippen LogP contribution in [0.15, 0.2) is 30.3 Å². The Morgan fingerprint density at radius 1 is 1.23 bits per heavy atom. The predicted octanol–water partition coefficient (Wildman–Crippen LogP) is -2.35. The van der Waals surface area contributed by atoms with E-state index in [1.807, 2.05) is 30.3 Å². The van der Waals surface area contributed by atoms with Gasteiger partial charge >= 0.3 is 0 Å². The second-order valence-electron chi connectivity index (χ2n) is 2.71. The van der Waals surface area contributed by atoms with E-state index in [0.29, 0.717) is 0 Å². The van der Waals surface area contributed by atoms with Crippen LogP contribution in [-0.2, 0) is 0 Å². The van der Waals surface area contributed by atoms with Gasteiger partial charge in [0, 0.05) is 6.42 Å². The SMILES string of the molecule is C[NH2+]CCCOc1ccccc1.[Br-]. The van der Waals surface area contributed by atoms with E-state index < -0.39 is 0 Å². The normalized spacial score (nSPS) is 9.00. The first kappa shape index (κ1) is 12.5. The minimum absolute atomic E-state index is 0. The molecule has 2 N–H and O–H groups in total. The first-order valence-corrected chi connectivity index (χ1v) is 4.39. The van der Waals surface area contributed by atoms with Gasteiger partial charge in [0.05, 0.1) is 20.2 Å². The van der Waals surface area contributed by atoms with Crippen LogP contribution in [0.3, 0.4) is 0 Å². The van der Waals surface area contributed by atoms with Crippen LogP contribution in [0.4, 0.5) is 0 Å². The van der Waals surface area contributed by atoms with Crippen LogP contribution in [0.1, 0.15) is 6.42 Å². The topological polar surface area (TPSA) is 25.8 Å². The number of ether oxygens (including phenoxy) is 1. The van der Waals surface area contributed by atoms with Gasteiger partial charge in [-0.2, -0.15) is 0 Å². The van der Waals surface area contributed by atoms with E-state index in [1.54, 1.807) is 0 Å². The van der Waals surface area contributed by atoms with Crippen LogP contribution in [0.5, 0.6) is 5.75 Å². The molecule has 1 aromatic carbocycles. The third-order valence-electron chi connectivity index (χ3n) is 1.65. The van der Waals surface area contributed by atoms with Gasteiger partial charge in [-0.05, 0) is 12.1 Å². The monoisotopic (exact) mass is 245 g/mol. The van der Waals surface area contributed by atoms with Gasteiger partial charge in [-0.25, -0.2) is 0 Å². The highest BCUT2D eigenvalue weighted by atomic mass is 79.9. The number of benzene rings is 1. The molecule has 0 heterocycles. The Morgan fingerprint density at radius 3 is 2.54 bits per heavy atom. The maximum Gasteiger partial charge on any atom is 0.119 e. The zero-order chi connectivity index (χ0) is 8.65. The molecule has 0 spiro atoms. The number of quaternary nitrogens is 1. The van der Waals surface area contributed by atoms with Crippen LogP contribution in [0.2, 0.25) is 0 Å². The van der Waals surface area contributed by atoms with Gasteiger partial charge in [0.25, 0.3) is 0 Å². The number of rotatable bonds is 5. The number of hydrogen-bond donors (Lipinski definition) is 1. The van der Waals surface area contributed by atoms with Crippen molar-refractivity contribution < 1.29 is 27.0 Å². The van der Waals surface area contributed by atoms with Gasteiger partial charge in [0.2, 0.25) is 0 Å². The van der Waals surface area contributed by atoms with Crippen molar-refractivity contribution in [2.24, 2.45) is 0 Å². The molecule has 0 aliphatic heterocycles. The van der Waals surface area contributed by atoms with E-state index in [2.05, 4.69) is 12.4 Å². The molecule has 0 radical (unpaired) electrons. The quantitative estimate of drug-likeness (QED) is 0.579. The van der Waals surface area contributed by atoms with Crippen molar-refractivity contribution in [3.63, 3.8) is 0 Å². The molecule has 0 fully saturated rings. The van der Waals surface area contributed by atoms with E-state index in [9.17, 15) is 0 Å². The van der Waals surface area contributed by atoms with Crippen LogP contribution in [0.25, 0.3) is 0 Å². The molecule has 0 amide bonds. The average molecular weight is 246 g/mol. The van der Waals surface area contributed by atoms with Crippen LogP contribution in [0, 0.1) is 0 Å². The molecule has 0 saturated heterocycles. The summed E-state index contributed by atoms with van der Waals surface area (Å²) >= 11 is 0. The fourth-order valence-electron chi connectivity index (χ4n) is 0.994. The number of nitrogens with two attached hydrogens (primary N) is 1. The number of hydrogen-bond acceptors (Lipinski definition) is 1. The van der Waals surface area contributed by atoms with E-state index in [4.69, 9.17) is 4.74 Å². The molecule has 0 unspecified atom stereocenters. The molecule has 0 bridgehead atoms. The summed E-state index contributed by atoms with van der Waals surface area (Å²) < 4.78 is 5.49. The molecule has 74 valence electrons. The van der Waals surface area contributed by atoms with Gasteiger partial charge in [-0.1, -0.05) is 18.2 Å². The summed E-state index contributed by atoms with van der Waals surface area (Å²) in [6.07, 6.45) is 1.10. The minimum Gasteiger partial charge on any atom is -1.00 e. The molecular weight excluding hydrogens is 230 g/mol. The number of halogens is 1. The van der Waals surface area contributed by atoms with Crippen molar-refractivity contribution >= 4 is 0 Å².